The molecule has 1 aliphatic rings. The fourth-order valence-electron chi connectivity index (χ4n) is 2.75. The van der Waals surface area contributed by atoms with E-state index in [2.05, 4.69) is 22.6 Å². The fraction of sp³-hybridized carbons (Fsp3) is 0.278. The van der Waals surface area contributed by atoms with Gasteiger partial charge in [0.05, 0.1) is 17.5 Å². The monoisotopic (exact) mass is 339 g/mol. The number of ether oxygens (including phenoxy) is 1. The minimum atomic E-state index is -0.114. The highest BCUT2D eigenvalue weighted by atomic mass is 32.1. The number of aryl methyl sites for hydroxylation is 1. The summed E-state index contributed by atoms with van der Waals surface area (Å²) < 4.78 is 7.58. The lowest BCUT2D eigenvalue weighted by Crippen LogP contribution is -2.17. The minimum absolute atomic E-state index is 0.114. The highest BCUT2D eigenvalue weighted by molar-refractivity contribution is 7.80. The van der Waals surface area contributed by atoms with E-state index >= 15 is 0 Å². The van der Waals surface area contributed by atoms with E-state index in [4.69, 9.17) is 4.74 Å². The number of benzene rings is 1. The Morgan fingerprint density at radius 2 is 2.17 bits per heavy atom. The molecule has 0 atom stereocenters. The molecule has 0 spiro atoms. The van der Waals surface area contributed by atoms with Gasteiger partial charge in [-0.3, -0.25) is 4.79 Å². The Bertz CT molecular complexity index is 980. The van der Waals surface area contributed by atoms with E-state index in [0.717, 1.165) is 28.4 Å². The topological polar surface area (TPSA) is 57.0 Å². The lowest BCUT2D eigenvalue weighted by molar-refractivity contribution is 0.301. The van der Waals surface area contributed by atoms with Crippen LogP contribution >= 0.6 is 12.6 Å². The van der Waals surface area contributed by atoms with Gasteiger partial charge in [-0.05, 0) is 37.0 Å². The molecule has 0 unspecified atom stereocenters. The van der Waals surface area contributed by atoms with Crippen LogP contribution in [0.2, 0.25) is 0 Å². The predicted molar refractivity (Wildman–Crippen MR) is 95.7 cm³/mol. The summed E-state index contributed by atoms with van der Waals surface area (Å²) in [6.07, 6.45) is 7.28. The lowest BCUT2D eigenvalue weighted by Gasteiger charge is -2.14. The molecule has 1 aromatic carbocycles. The molecule has 4 rings (SSSR count). The van der Waals surface area contributed by atoms with Gasteiger partial charge in [0.25, 0.3) is 5.56 Å². The van der Waals surface area contributed by atoms with Crippen LogP contribution in [0.15, 0.2) is 46.6 Å². The third kappa shape index (κ3) is 2.78. The Morgan fingerprint density at radius 3 is 2.96 bits per heavy atom. The number of fused-ring (bicyclic) bond motifs is 1. The van der Waals surface area contributed by atoms with E-state index < -0.39 is 0 Å². The van der Waals surface area contributed by atoms with Crippen LogP contribution < -0.4 is 10.3 Å². The van der Waals surface area contributed by atoms with Crippen molar-refractivity contribution in [1.82, 2.24) is 14.5 Å². The minimum Gasteiger partial charge on any atom is -0.493 e. The first-order valence-corrected chi connectivity index (χ1v) is 8.34. The molecule has 2 aromatic heterocycles. The Hall–Kier alpha value is -2.34. The molecule has 0 amide bonds. The Balaban J connectivity index is 1.92. The quantitative estimate of drug-likeness (QED) is 0.742. The molecule has 0 bridgehead atoms. The van der Waals surface area contributed by atoms with Gasteiger partial charge in [0, 0.05) is 35.5 Å². The Labute approximate surface area is 144 Å². The number of thiol groups is 1. The van der Waals surface area contributed by atoms with E-state index in [0.29, 0.717) is 16.8 Å². The first-order chi connectivity index (χ1) is 11.6. The van der Waals surface area contributed by atoms with Gasteiger partial charge in [-0.25, -0.2) is 9.97 Å². The second-order valence-corrected chi connectivity index (χ2v) is 6.70. The predicted octanol–water partition coefficient (Wildman–Crippen LogP) is 3.07. The number of rotatable bonds is 4. The SMILES string of the molecule is Cn1cc(-c2cc(S)ccc2OCC2CC2)c2ncncc2c1=O. The molecule has 2 heterocycles. The maximum absolute atomic E-state index is 12.3. The molecule has 0 N–H and O–H groups in total. The summed E-state index contributed by atoms with van der Waals surface area (Å²) in [5, 5.41) is 0.496. The van der Waals surface area contributed by atoms with E-state index in [-0.39, 0.29) is 5.56 Å². The summed E-state index contributed by atoms with van der Waals surface area (Å²) >= 11 is 4.46. The maximum Gasteiger partial charge on any atom is 0.261 e. The molecular weight excluding hydrogens is 322 g/mol. The normalized spacial score (nSPS) is 14.1. The molecule has 5 nitrogen and oxygen atoms in total. The van der Waals surface area contributed by atoms with Crippen molar-refractivity contribution in [1.29, 1.82) is 0 Å². The van der Waals surface area contributed by atoms with E-state index in [1.807, 2.05) is 18.2 Å². The number of hydrogen-bond acceptors (Lipinski definition) is 5. The molecule has 6 heteroatoms. The number of nitrogens with zero attached hydrogens (tertiary/aromatic N) is 3. The summed E-state index contributed by atoms with van der Waals surface area (Å²) in [7, 11) is 1.73. The molecule has 24 heavy (non-hydrogen) atoms. The van der Waals surface area contributed by atoms with Gasteiger partial charge in [-0.1, -0.05) is 0 Å². The summed E-state index contributed by atoms with van der Waals surface area (Å²) in [5.41, 5.74) is 2.25. The summed E-state index contributed by atoms with van der Waals surface area (Å²) in [6, 6.07) is 5.79. The van der Waals surface area contributed by atoms with Crippen molar-refractivity contribution >= 4 is 23.5 Å². The molecule has 0 aliphatic heterocycles. The van der Waals surface area contributed by atoms with Crippen LogP contribution in [0.25, 0.3) is 22.0 Å². The summed E-state index contributed by atoms with van der Waals surface area (Å²) in [6.45, 7) is 0.720. The van der Waals surface area contributed by atoms with Crippen LogP contribution in [0.3, 0.4) is 0 Å². The van der Waals surface area contributed by atoms with Gasteiger partial charge in [0.1, 0.15) is 12.1 Å². The highest BCUT2D eigenvalue weighted by Gasteiger charge is 2.23. The van der Waals surface area contributed by atoms with Crippen LogP contribution in [0, 0.1) is 5.92 Å². The molecule has 3 aromatic rings. The zero-order chi connectivity index (χ0) is 16.7. The van der Waals surface area contributed by atoms with Crippen molar-refractivity contribution in [3.63, 3.8) is 0 Å². The Kier molecular flexibility index (Phi) is 3.76. The summed E-state index contributed by atoms with van der Waals surface area (Å²) in [4.78, 5) is 21.5. The molecule has 1 aliphatic carbocycles. The van der Waals surface area contributed by atoms with E-state index in [1.165, 1.54) is 19.2 Å². The third-order valence-electron chi connectivity index (χ3n) is 4.27. The Morgan fingerprint density at radius 1 is 1.33 bits per heavy atom. The molecule has 0 saturated heterocycles. The van der Waals surface area contributed by atoms with Crippen molar-refractivity contribution in [2.75, 3.05) is 6.61 Å². The molecule has 1 saturated carbocycles. The van der Waals surface area contributed by atoms with Gasteiger partial charge in [0.15, 0.2) is 0 Å². The standard InChI is InChI=1S/C18H17N3O2S/c1-21-8-15(17-14(18(21)22)7-19-10-20-17)13-6-12(24)4-5-16(13)23-9-11-2-3-11/h4-8,10-11,24H,2-3,9H2,1H3. The zero-order valence-corrected chi connectivity index (χ0v) is 14.2. The number of hydrogen-bond donors (Lipinski definition) is 1. The van der Waals surface area contributed by atoms with Gasteiger partial charge in [-0.15, -0.1) is 12.6 Å². The second kappa shape index (κ2) is 5.94. The smallest absolute Gasteiger partial charge is 0.261 e. The van der Waals surface area contributed by atoms with Crippen molar-refractivity contribution in [2.24, 2.45) is 13.0 Å². The van der Waals surface area contributed by atoms with Crippen molar-refractivity contribution in [3.8, 4) is 16.9 Å². The first kappa shape index (κ1) is 15.2. The average Bonchev–Trinajstić information content (AvgIpc) is 3.41. The van der Waals surface area contributed by atoms with Gasteiger partial charge >= 0.3 is 0 Å². The van der Waals surface area contributed by atoms with Crippen molar-refractivity contribution < 1.29 is 4.74 Å². The van der Waals surface area contributed by atoms with Crippen LogP contribution in [0.1, 0.15) is 12.8 Å². The lowest BCUT2D eigenvalue weighted by atomic mass is 10.0. The van der Waals surface area contributed by atoms with Crippen LogP contribution in [-0.4, -0.2) is 21.1 Å². The van der Waals surface area contributed by atoms with Crippen LogP contribution in [-0.2, 0) is 7.05 Å². The summed E-state index contributed by atoms with van der Waals surface area (Å²) in [5.74, 6) is 1.45. The van der Waals surface area contributed by atoms with Gasteiger partial charge in [-0.2, -0.15) is 0 Å². The highest BCUT2D eigenvalue weighted by Crippen LogP contribution is 2.36. The number of aromatic nitrogens is 3. The van der Waals surface area contributed by atoms with E-state index in [9.17, 15) is 4.79 Å². The molecular formula is C18H17N3O2S. The average molecular weight is 339 g/mol. The fourth-order valence-corrected chi connectivity index (χ4v) is 2.95. The first-order valence-electron chi connectivity index (χ1n) is 7.89. The van der Waals surface area contributed by atoms with Gasteiger partial charge < -0.3 is 9.30 Å². The van der Waals surface area contributed by atoms with E-state index in [1.54, 1.807) is 24.0 Å². The second-order valence-electron chi connectivity index (χ2n) is 6.18. The zero-order valence-electron chi connectivity index (χ0n) is 13.3. The molecule has 1 fully saturated rings. The van der Waals surface area contributed by atoms with Crippen LogP contribution in [0.5, 0.6) is 5.75 Å². The van der Waals surface area contributed by atoms with Gasteiger partial charge in [0.2, 0.25) is 0 Å². The maximum atomic E-state index is 12.3. The van der Waals surface area contributed by atoms with Crippen molar-refractivity contribution in [3.05, 3.63) is 47.3 Å². The largest absolute Gasteiger partial charge is 0.493 e. The molecule has 0 radical (unpaired) electrons. The third-order valence-corrected chi connectivity index (χ3v) is 4.54. The number of pyridine rings is 1. The molecule has 122 valence electrons. The van der Waals surface area contributed by atoms with Crippen molar-refractivity contribution in [2.45, 2.75) is 17.7 Å². The van der Waals surface area contributed by atoms with Crippen LogP contribution in [0.4, 0.5) is 0 Å².